The van der Waals surface area contributed by atoms with E-state index in [0.717, 1.165) is 11.8 Å². The molecular formula is C18H29NO5S. The molecule has 0 heterocycles. The number of thioether (sulfide) groups is 1. The highest BCUT2D eigenvalue weighted by Gasteiger charge is 2.29. The van der Waals surface area contributed by atoms with Crippen LogP contribution in [-0.2, 0) is 19.1 Å². The second kappa shape index (κ2) is 9.85. The van der Waals surface area contributed by atoms with Gasteiger partial charge in [-0.2, -0.15) is 0 Å². The van der Waals surface area contributed by atoms with Gasteiger partial charge in [0, 0.05) is 12.7 Å². The van der Waals surface area contributed by atoms with E-state index in [1.165, 1.54) is 6.92 Å². The molecular weight excluding hydrogens is 342 g/mol. The van der Waals surface area contributed by atoms with Gasteiger partial charge in [0.1, 0.15) is 5.60 Å². The topological polar surface area (TPSA) is 81.7 Å². The molecule has 0 bridgehead atoms. The summed E-state index contributed by atoms with van der Waals surface area (Å²) in [5.41, 5.74) is -0.537. The van der Waals surface area contributed by atoms with E-state index in [9.17, 15) is 14.4 Å². The fraction of sp³-hybridized carbons (Fsp3) is 0.722. The Kier molecular flexibility index (Phi) is 8.48. The number of hydrogen-bond acceptors (Lipinski definition) is 6. The molecule has 0 aromatic rings. The molecule has 1 rings (SSSR count). The van der Waals surface area contributed by atoms with Gasteiger partial charge in [-0.1, -0.05) is 23.9 Å². The minimum absolute atomic E-state index is 0.0132. The maximum Gasteiger partial charge on any atom is 0.408 e. The van der Waals surface area contributed by atoms with Crippen LogP contribution in [0.15, 0.2) is 12.2 Å². The molecule has 0 spiro atoms. The van der Waals surface area contributed by atoms with Crippen LogP contribution in [0, 0.1) is 11.8 Å². The third kappa shape index (κ3) is 8.95. The average Bonchev–Trinajstić information content (AvgIpc) is 2.88. The van der Waals surface area contributed by atoms with Crippen molar-refractivity contribution in [2.75, 3.05) is 12.4 Å². The molecule has 1 unspecified atom stereocenters. The highest BCUT2D eigenvalue weighted by Crippen LogP contribution is 2.28. The molecule has 0 aliphatic heterocycles. The number of allylic oxidation sites excluding steroid dienone is 1. The number of alkyl carbamates (subject to hydrolysis) is 1. The fourth-order valence-corrected chi connectivity index (χ4v) is 3.30. The maximum atomic E-state index is 12.1. The maximum absolute atomic E-state index is 12.1. The third-order valence-electron chi connectivity index (χ3n) is 3.57. The summed E-state index contributed by atoms with van der Waals surface area (Å²) in [4.78, 5) is 35.1. The number of esters is 1. The second-order valence-electron chi connectivity index (χ2n) is 7.12. The van der Waals surface area contributed by atoms with Crippen molar-refractivity contribution in [3.63, 3.8) is 0 Å². The minimum Gasteiger partial charge on any atom is -0.466 e. The van der Waals surface area contributed by atoms with Gasteiger partial charge in [0.05, 0.1) is 18.6 Å². The van der Waals surface area contributed by atoms with Crippen molar-refractivity contribution >= 4 is 28.9 Å². The van der Waals surface area contributed by atoms with E-state index in [1.807, 2.05) is 32.9 Å². The SMILES string of the molecule is CCOC(=O)C(CSC(C)=O)C[C@H]1C=C[C@@H](NC(=O)OC(C)(C)C)C1. The Bertz CT molecular complexity index is 512. The third-order valence-corrected chi connectivity index (χ3v) is 4.54. The zero-order valence-corrected chi connectivity index (χ0v) is 16.5. The van der Waals surface area contributed by atoms with Gasteiger partial charge in [-0.15, -0.1) is 0 Å². The quantitative estimate of drug-likeness (QED) is 0.546. The Labute approximate surface area is 154 Å². The molecule has 1 aliphatic carbocycles. The van der Waals surface area contributed by atoms with Gasteiger partial charge in [-0.25, -0.2) is 4.79 Å². The fourth-order valence-electron chi connectivity index (χ4n) is 2.59. The van der Waals surface area contributed by atoms with Crippen LogP contribution >= 0.6 is 11.8 Å². The summed E-state index contributed by atoms with van der Waals surface area (Å²) in [6.07, 6.45) is 4.79. The molecule has 3 atom stereocenters. The number of carbonyl (C=O) groups is 3. The van der Waals surface area contributed by atoms with Crippen molar-refractivity contribution in [3.05, 3.63) is 12.2 Å². The van der Waals surface area contributed by atoms with Crippen LogP contribution in [0.4, 0.5) is 4.79 Å². The van der Waals surface area contributed by atoms with E-state index in [4.69, 9.17) is 9.47 Å². The highest BCUT2D eigenvalue weighted by atomic mass is 32.2. The molecule has 1 aliphatic rings. The van der Waals surface area contributed by atoms with Crippen LogP contribution in [0.25, 0.3) is 0 Å². The molecule has 0 radical (unpaired) electrons. The molecule has 0 saturated heterocycles. The average molecular weight is 371 g/mol. The van der Waals surface area contributed by atoms with Crippen LogP contribution in [0.5, 0.6) is 0 Å². The number of amides is 1. The Morgan fingerprint density at radius 1 is 1.28 bits per heavy atom. The van der Waals surface area contributed by atoms with Crippen molar-refractivity contribution in [2.45, 2.75) is 59.1 Å². The van der Waals surface area contributed by atoms with Gasteiger partial charge < -0.3 is 14.8 Å². The summed E-state index contributed by atoms with van der Waals surface area (Å²) < 4.78 is 10.4. The van der Waals surface area contributed by atoms with E-state index in [-0.39, 0.29) is 29.0 Å². The first-order valence-corrected chi connectivity index (χ1v) is 9.57. The smallest absolute Gasteiger partial charge is 0.408 e. The Balaban J connectivity index is 2.52. The van der Waals surface area contributed by atoms with Crippen LogP contribution in [-0.4, -0.2) is 41.2 Å². The molecule has 1 amide bonds. The Hall–Kier alpha value is -1.50. The number of nitrogens with one attached hydrogen (secondary N) is 1. The summed E-state index contributed by atoms with van der Waals surface area (Å²) >= 11 is 1.14. The number of ether oxygens (including phenoxy) is 2. The number of rotatable bonds is 7. The lowest BCUT2D eigenvalue weighted by Crippen LogP contribution is -2.37. The molecule has 0 fully saturated rings. The first kappa shape index (κ1) is 21.5. The van der Waals surface area contributed by atoms with Crippen LogP contribution in [0.1, 0.15) is 47.5 Å². The first-order chi connectivity index (χ1) is 11.6. The van der Waals surface area contributed by atoms with Crippen LogP contribution in [0.3, 0.4) is 0 Å². The van der Waals surface area contributed by atoms with Crippen LogP contribution in [0.2, 0.25) is 0 Å². The predicted octanol–water partition coefficient (Wildman–Crippen LogP) is 3.30. The lowest BCUT2D eigenvalue weighted by molar-refractivity contribution is -0.147. The van der Waals surface area contributed by atoms with Gasteiger partial charge in [-0.05, 0) is 46.5 Å². The molecule has 25 heavy (non-hydrogen) atoms. The van der Waals surface area contributed by atoms with Gasteiger partial charge in [0.25, 0.3) is 0 Å². The Morgan fingerprint density at radius 2 is 1.96 bits per heavy atom. The van der Waals surface area contributed by atoms with Crippen molar-refractivity contribution < 1.29 is 23.9 Å². The normalized spacial score (nSPS) is 20.8. The molecule has 142 valence electrons. The Morgan fingerprint density at radius 3 is 2.52 bits per heavy atom. The number of hydrogen-bond donors (Lipinski definition) is 1. The second-order valence-corrected chi connectivity index (χ2v) is 8.32. The van der Waals surface area contributed by atoms with Gasteiger partial charge in [0.15, 0.2) is 5.12 Å². The summed E-state index contributed by atoms with van der Waals surface area (Å²) in [5.74, 6) is -0.0262. The molecule has 0 saturated carbocycles. The lowest BCUT2D eigenvalue weighted by Gasteiger charge is -2.22. The predicted molar refractivity (Wildman–Crippen MR) is 98.3 cm³/mol. The van der Waals surface area contributed by atoms with E-state index in [2.05, 4.69) is 5.32 Å². The van der Waals surface area contributed by atoms with E-state index < -0.39 is 11.7 Å². The van der Waals surface area contributed by atoms with Crippen molar-refractivity contribution in [1.29, 1.82) is 0 Å². The van der Waals surface area contributed by atoms with E-state index in [1.54, 1.807) is 6.92 Å². The number of carbonyl (C=O) groups excluding carboxylic acids is 3. The summed E-state index contributed by atoms with van der Waals surface area (Å²) in [6, 6.07) is -0.108. The summed E-state index contributed by atoms with van der Waals surface area (Å²) in [6.45, 7) is 9.03. The van der Waals surface area contributed by atoms with Crippen LogP contribution < -0.4 is 5.32 Å². The summed E-state index contributed by atoms with van der Waals surface area (Å²) in [5, 5.41) is 2.81. The molecule has 0 aromatic carbocycles. The largest absolute Gasteiger partial charge is 0.466 e. The van der Waals surface area contributed by atoms with Crippen molar-refractivity contribution in [1.82, 2.24) is 5.32 Å². The van der Waals surface area contributed by atoms with Crippen molar-refractivity contribution in [2.24, 2.45) is 11.8 Å². The first-order valence-electron chi connectivity index (χ1n) is 8.58. The van der Waals surface area contributed by atoms with Gasteiger partial charge in [0.2, 0.25) is 0 Å². The van der Waals surface area contributed by atoms with Crippen molar-refractivity contribution in [3.8, 4) is 0 Å². The lowest BCUT2D eigenvalue weighted by atomic mass is 9.94. The molecule has 6 nitrogen and oxygen atoms in total. The zero-order valence-electron chi connectivity index (χ0n) is 15.7. The highest BCUT2D eigenvalue weighted by molar-refractivity contribution is 8.13. The molecule has 7 heteroatoms. The minimum atomic E-state index is -0.537. The van der Waals surface area contributed by atoms with Gasteiger partial charge in [-0.3, -0.25) is 9.59 Å². The zero-order chi connectivity index (χ0) is 19.0. The summed E-state index contributed by atoms with van der Waals surface area (Å²) in [7, 11) is 0. The van der Waals surface area contributed by atoms with Gasteiger partial charge >= 0.3 is 12.1 Å². The standard InChI is InChI=1S/C18H29NO5S/c1-6-23-16(21)14(11-25-12(2)20)9-13-7-8-15(10-13)19-17(22)24-18(3,4)5/h7-8,13-15H,6,9-11H2,1-5H3,(H,19,22)/t13-,14?,15-/m1/s1. The van der Waals surface area contributed by atoms with E-state index in [0.29, 0.717) is 25.2 Å². The molecule has 0 aromatic heterocycles. The molecule has 1 N–H and O–H groups in total. The van der Waals surface area contributed by atoms with E-state index >= 15 is 0 Å². The monoisotopic (exact) mass is 371 g/mol.